The number of carbonyl (C=O) groups excluding carboxylic acids is 2. The van der Waals surface area contributed by atoms with Gasteiger partial charge in [0.15, 0.2) is 0 Å². The maximum atomic E-state index is 13.5. The molecule has 3 aromatic carbocycles. The van der Waals surface area contributed by atoms with Crippen molar-refractivity contribution < 1.29 is 18.4 Å². The van der Waals surface area contributed by atoms with E-state index in [0.29, 0.717) is 41.9 Å². The Kier molecular flexibility index (Phi) is 10.5. The first kappa shape index (κ1) is 29.9. The van der Waals surface area contributed by atoms with Gasteiger partial charge in [0, 0.05) is 25.6 Å². The number of unbranched alkanes of at least 4 members (excludes halogenated alkanes) is 1. The lowest BCUT2D eigenvalue weighted by Crippen LogP contribution is -2.59. The van der Waals surface area contributed by atoms with Gasteiger partial charge in [-0.25, -0.2) is 8.78 Å². The van der Waals surface area contributed by atoms with E-state index < -0.39 is 11.9 Å². The summed E-state index contributed by atoms with van der Waals surface area (Å²) in [4.78, 5) is 28.9. The maximum absolute atomic E-state index is 13.5. The number of halogens is 4. The predicted octanol–water partition coefficient (Wildman–Crippen LogP) is 5.68. The highest BCUT2D eigenvalue weighted by atomic mass is 35.5. The average Bonchev–Trinajstić information content (AvgIpc) is 2.93. The normalized spacial score (nSPS) is 16.3. The zero-order valence-corrected chi connectivity index (χ0v) is 23.5. The molecular formula is C30H32Cl2F2N4O2. The quantitative estimate of drug-likeness (QED) is 0.282. The summed E-state index contributed by atoms with van der Waals surface area (Å²) in [5.74, 6) is -1.32. The summed E-state index contributed by atoms with van der Waals surface area (Å²) in [5, 5.41) is 3.45. The molecule has 0 radical (unpaired) electrons. The van der Waals surface area contributed by atoms with Gasteiger partial charge in [-0.05, 0) is 66.9 Å². The summed E-state index contributed by atoms with van der Waals surface area (Å²) in [6, 6.07) is 17.3. The number of primary amides is 1. The Hall–Kier alpha value is -3.04. The summed E-state index contributed by atoms with van der Waals surface area (Å²) < 4.78 is 27.0. The van der Waals surface area contributed by atoms with Crippen LogP contribution in [0.5, 0.6) is 0 Å². The number of carbonyl (C=O) groups is 2. The van der Waals surface area contributed by atoms with Crippen LogP contribution in [0.4, 0.5) is 14.5 Å². The molecule has 1 atom stereocenters. The molecule has 3 aromatic rings. The van der Waals surface area contributed by atoms with Gasteiger partial charge in [-0.3, -0.25) is 19.4 Å². The van der Waals surface area contributed by atoms with Crippen molar-refractivity contribution in [3.05, 3.63) is 99.5 Å². The summed E-state index contributed by atoms with van der Waals surface area (Å²) in [6.45, 7) is 2.28. The lowest BCUT2D eigenvalue weighted by molar-refractivity contribution is -0.127. The molecular weight excluding hydrogens is 557 g/mol. The number of piperazine rings is 1. The van der Waals surface area contributed by atoms with Crippen molar-refractivity contribution in [3.8, 4) is 0 Å². The molecule has 1 saturated heterocycles. The summed E-state index contributed by atoms with van der Waals surface area (Å²) in [6.07, 6.45) is 2.43. The van der Waals surface area contributed by atoms with Crippen LogP contribution in [-0.4, -0.2) is 60.4 Å². The van der Waals surface area contributed by atoms with E-state index in [1.165, 1.54) is 24.3 Å². The number of rotatable bonds is 11. The molecule has 0 saturated carbocycles. The molecule has 0 aromatic heterocycles. The lowest BCUT2D eigenvalue weighted by atomic mass is 9.87. The minimum absolute atomic E-state index is 0.00452. The van der Waals surface area contributed by atoms with Gasteiger partial charge in [-0.1, -0.05) is 60.0 Å². The van der Waals surface area contributed by atoms with Crippen LogP contribution in [0.1, 0.15) is 36.3 Å². The number of para-hydroxylation sites is 1. The molecule has 2 amide bonds. The number of nitrogens with two attached hydrogens (primary N) is 1. The Morgan fingerprint density at radius 2 is 1.48 bits per heavy atom. The van der Waals surface area contributed by atoms with E-state index in [2.05, 4.69) is 10.2 Å². The Balaban J connectivity index is 1.31. The minimum Gasteiger partial charge on any atom is -0.368 e. The highest BCUT2D eigenvalue weighted by Crippen LogP contribution is 2.31. The smallest absolute Gasteiger partial charge is 0.238 e. The van der Waals surface area contributed by atoms with Gasteiger partial charge in [-0.15, -0.1) is 0 Å². The monoisotopic (exact) mass is 588 g/mol. The molecule has 0 aliphatic carbocycles. The molecule has 3 N–H and O–H groups in total. The van der Waals surface area contributed by atoms with Gasteiger partial charge in [-0.2, -0.15) is 0 Å². The second kappa shape index (κ2) is 14.0. The molecule has 4 rings (SSSR count). The van der Waals surface area contributed by atoms with Gasteiger partial charge >= 0.3 is 0 Å². The molecule has 1 heterocycles. The number of hydrogen-bond acceptors (Lipinski definition) is 4. The zero-order chi connectivity index (χ0) is 28.6. The molecule has 0 bridgehead atoms. The molecule has 10 heteroatoms. The fourth-order valence-electron chi connectivity index (χ4n) is 5.14. The Labute approximate surface area is 243 Å². The molecule has 40 heavy (non-hydrogen) atoms. The van der Waals surface area contributed by atoms with Gasteiger partial charge in [0.1, 0.15) is 17.7 Å². The second-order valence-electron chi connectivity index (χ2n) is 9.99. The number of anilines is 1. The van der Waals surface area contributed by atoms with Crippen molar-refractivity contribution in [2.75, 3.05) is 38.0 Å². The topological polar surface area (TPSA) is 78.7 Å². The van der Waals surface area contributed by atoms with E-state index in [4.69, 9.17) is 28.9 Å². The Bertz CT molecular complexity index is 1240. The third-order valence-electron chi connectivity index (χ3n) is 7.23. The average molecular weight is 590 g/mol. The largest absolute Gasteiger partial charge is 0.368 e. The van der Waals surface area contributed by atoms with Crippen molar-refractivity contribution in [1.82, 2.24) is 9.80 Å². The molecule has 6 nitrogen and oxygen atoms in total. The van der Waals surface area contributed by atoms with E-state index in [1.54, 1.807) is 42.5 Å². The van der Waals surface area contributed by atoms with Gasteiger partial charge < -0.3 is 11.1 Å². The van der Waals surface area contributed by atoms with Crippen LogP contribution in [0, 0.1) is 11.6 Å². The summed E-state index contributed by atoms with van der Waals surface area (Å²) in [7, 11) is 0. The lowest BCUT2D eigenvalue weighted by Gasteiger charge is -2.39. The molecule has 0 spiro atoms. The van der Waals surface area contributed by atoms with Crippen LogP contribution >= 0.6 is 23.2 Å². The van der Waals surface area contributed by atoms with E-state index >= 15 is 0 Å². The summed E-state index contributed by atoms with van der Waals surface area (Å²) in [5.41, 5.74) is 8.03. The molecule has 1 unspecified atom stereocenters. The van der Waals surface area contributed by atoms with Gasteiger partial charge in [0.25, 0.3) is 0 Å². The third-order valence-corrected chi connectivity index (χ3v) is 7.86. The molecule has 1 fully saturated rings. The molecule has 1 aliphatic rings. The SMILES string of the molecule is NC(=O)C1CN(CC(=O)Nc2c(Cl)cccc2Cl)CCN1CCCCC(c1ccc(F)cc1)c1ccc(F)cc1. The number of amides is 2. The first-order valence-electron chi connectivity index (χ1n) is 13.2. The van der Waals surface area contributed by atoms with Crippen LogP contribution in [0.2, 0.25) is 10.0 Å². The van der Waals surface area contributed by atoms with Crippen LogP contribution in [0.15, 0.2) is 66.7 Å². The highest BCUT2D eigenvalue weighted by molar-refractivity contribution is 6.39. The first-order chi connectivity index (χ1) is 19.2. The van der Waals surface area contributed by atoms with E-state index in [0.717, 1.165) is 30.4 Å². The maximum Gasteiger partial charge on any atom is 0.238 e. The second-order valence-corrected chi connectivity index (χ2v) is 10.8. The van der Waals surface area contributed by atoms with E-state index in [1.807, 2.05) is 4.90 Å². The van der Waals surface area contributed by atoms with E-state index in [9.17, 15) is 18.4 Å². The van der Waals surface area contributed by atoms with Gasteiger partial charge in [0.05, 0.1) is 22.3 Å². The van der Waals surface area contributed by atoms with Crippen LogP contribution in [0.25, 0.3) is 0 Å². The van der Waals surface area contributed by atoms with Crippen molar-refractivity contribution in [2.45, 2.75) is 31.2 Å². The van der Waals surface area contributed by atoms with Gasteiger partial charge in [0.2, 0.25) is 11.8 Å². The van der Waals surface area contributed by atoms with Crippen LogP contribution < -0.4 is 11.1 Å². The zero-order valence-electron chi connectivity index (χ0n) is 22.0. The number of benzene rings is 3. The predicted molar refractivity (Wildman–Crippen MR) is 155 cm³/mol. The van der Waals surface area contributed by atoms with Crippen molar-refractivity contribution >= 4 is 40.7 Å². The Morgan fingerprint density at radius 1 is 0.900 bits per heavy atom. The third kappa shape index (κ3) is 8.01. The first-order valence-corrected chi connectivity index (χ1v) is 14.0. The number of nitrogens with zero attached hydrogens (tertiary/aromatic N) is 2. The highest BCUT2D eigenvalue weighted by Gasteiger charge is 2.31. The number of hydrogen-bond donors (Lipinski definition) is 2. The molecule has 1 aliphatic heterocycles. The minimum atomic E-state index is -0.518. The summed E-state index contributed by atoms with van der Waals surface area (Å²) >= 11 is 12.3. The van der Waals surface area contributed by atoms with Crippen molar-refractivity contribution in [3.63, 3.8) is 0 Å². The van der Waals surface area contributed by atoms with Crippen LogP contribution in [-0.2, 0) is 9.59 Å². The fourth-order valence-corrected chi connectivity index (χ4v) is 5.63. The van der Waals surface area contributed by atoms with Crippen molar-refractivity contribution in [1.29, 1.82) is 0 Å². The van der Waals surface area contributed by atoms with E-state index in [-0.39, 0.29) is 30.0 Å². The van der Waals surface area contributed by atoms with Crippen LogP contribution in [0.3, 0.4) is 0 Å². The Morgan fingerprint density at radius 3 is 2.02 bits per heavy atom. The fraction of sp³-hybridized carbons (Fsp3) is 0.333. The molecule has 212 valence electrons. The standard InChI is InChI=1S/C30H32Cl2F2N4O2/c31-25-5-3-6-26(32)29(25)36-28(39)19-37-16-17-38(27(18-37)30(35)40)15-2-1-4-24(20-7-11-22(33)12-8-20)21-9-13-23(34)14-10-21/h3,5-14,24,27H,1-2,4,15-19H2,(H2,35,40)(H,36,39). The van der Waals surface area contributed by atoms with Crippen molar-refractivity contribution in [2.24, 2.45) is 5.73 Å². The number of nitrogens with one attached hydrogen (secondary N) is 1.